The molecule has 0 amide bonds. The van der Waals surface area contributed by atoms with Gasteiger partial charge in [-0.15, -0.1) is 0 Å². The van der Waals surface area contributed by atoms with Crippen LogP contribution in [-0.4, -0.2) is 49.0 Å². The maximum Gasteiger partial charge on any atom is 0.419 e. The molecule has 0 saturated carbocycles. The number of nitrogens with two attached hydrogens (primary N) is 1. The van der Waals surface area contributed by atoms with Gasteiger partial charge < -0.3 is 20.1 Å². The Hall–Kier alpha value is -3.80. The molecule has 0 unspecified atom stereocenters. The van der Waals surface area contributed by atoms with E-state index in [1.54, 1.807) is 23.1 Å². The molecule has 2 heterocycles. The van der Waals surface area contributed by atoms with Crippen LogP contribution < -0.4 is 10.5 Å². The number of aliphatic imine (C=N–C) groups is 1. The molecule has 0 spiro atoms. The second-order valence-corrected chi connectivity index (χ2v) is 9.95. The van der Waals surface area contributed by atoms with Gasteiger partial charge in [0.15, 0.2) is 5.96 Å². The lowest BCUT2D eigenvalue weighted by Gasteiger charge is -2.26. The molecule has 226 valence electrons. The van der Waals surface area contributed by atoms with Crippen molar-refractivity contribution in [1.82, 2.24) is 4.90 Å². The van der Waals surface area contributed by atoms with Gasteiger partial charge in [-0.2, -0.15) is 26.3 Å². The van der Waals surface area contributed by atoms with Gasteiger partial charge in [-0.25, -0.2) is 0 Å². The number of halogens is 6. The van der Waals surface area contributed by atoms with E-state index in [9.17, 15) is 26.3 Å². The van der Waals surface area contributed by atoms with E-state index in [4.69, 9.17) is 25.6 Å². The molecule has 0 aromatic heterocycles. The van der Waals surface area contributed by atoms with Crippen molar-refractivity contribution in [2.45, 2.75) is 50.5 Å². The lowest BCUT2D eigenvalue weighted by Crippen LogP contribution is -2.44. The van der Waals surface area contributed by atoms with E-state index >= 15 is 0 Å². The average Bonchev–Trinajstić information content (AvgIpc) is 3.46. The minimum Gasteiger partial charge on any atom is -0.493 e. The lowest BCUT2D eigenvalue weighted by molar-refractivity contribution is -0.139. The predicted octanol–water partition coefficient (Wildman–Crippen LogP) is 7.16. The van der Waals surface area contributed by atoms with Gasteiger partial charge in [-0.05, 0) is 61.6 Å². The second-order valence-electron chi connectivity index (χ2n) is 9.95. The Kier molecular flexibility index (Phi) is 9.97. The van der Waals surface area contributed by atoms with Crippen molar-refractivity contribution in [3.63, 3.8) is 0 Å². The number of ether oxygens (including phenoxy) is 2. The van der Waals surface area contributed by atoms with E-state index in [-0.39, 0.29) is 36.3 Å². The highest BCUT2D eigenvalue weighted by atomic mass is 19.4. The van der Waals surface area contributed by atoms with Crippen LogP contribution in [0.5, 0.6) is 5.75 Å². The summed E-state index contributed by atoms with van der Waals surface area (Å²) >= 11 is 0. The van der Waals surface area contributed by atoms with Gasteiger partial charge in [-0.1, -0.05) is 30.4 Å². The third-order valence-electron chi connectivity index (χ3n) is 6.98. The molecular weight excluding hydrogens is 562 g/mol. The SMILES string of the molecule is N=C(N)N1CCC[C@H]1C1=N/C(c2ccc(OCC/C=C/c3ccc(C(F)(F)F)cc3)c(C(F)(F)F)c2)=C\CCOCC1. The number of nitrogens with zero attached hydrogens (tertiary/aromatic N) is 2. The molecule has 0 aliphatic carbocycles. The summed E-state index contributed by atoms with van der Waals surface area (Å²) in [5.41, 5.74) is 5.98. The fraction of sp³-hybridized carbons (Fsp3) is 0.400. The summed E-state index contributed by atoms with van der Waals surface area (Å²) in [5.74, 6) is -0.398. The minimum absolute atomic E-state index is 0.0650. The number of alkyl halides is 6. The van der Waals surface area contributed by atoms with E-state index in [2.05, 4.69) is 0 Å². The normalized spacial score (nSPS) is 20.0. The predicted molar refractivity (Wildman–Crippen MR) is 149 cm³/mol. The van der Waals surface area contributed by atoms with Crippen molar-refractivity contribution in [2.75, 3.05) is 26.4 Å². The van der Waals surface area contributed by atoms with Crippen molar-refractivity contribution in [3.8, 4) is 5.75 Å². The monoisotopic (exact) mass is 594 g/mol. The fourth-order valence-electron chi connectivity index (χ4n) is 4.92. The first-order valence-corrected chi connectivity index (χ1v) is 13.6. The molecule has 0 radical (unpaired) electrons. The van der Waals surface area contributed by atoms with Gasteiger partial charge in [0.2, 0.25) is 0 Å². The number of benzene rings is 2. The molecule has 1 fully saturated rings. The summed E-state index contributed by atoms with van der Waals surface area (Å²) < 4.78 is 91.5. The summed E-state index contributed by atoms with van der Waals surface area (Å²) in [4.78, 5) is 6.54. The number of nitrogens with one attached hydrogen (secondary N) is 1. The maximum atomic E-state index is 14.1. The van der Waals surface area contributed by atoms with E-state index in [0.29, 0.717) is 49.6 Å². The van der Waals surface area contributed by atoms with E-state index in [0.717, 1.165) is 31.0 Å². The standard InChI is InChI=1S/C30H32F6N4O2/c31-29(32,33)22-11-8-20(9-12-22)5-1-2-17-42-27-13-10-21(19-23(27)30(34,35)36)24-6-4-16-41-18-14-25(39-24)26-7-3-15-40(26)28(37)38/h1,5-6,8-13,19,26H,2-4,7,14-18H2,(H3,37,38)/b5-1+,24-6-,39-25?/t26-/m0/s1. The molecule has 4 rings (SSSR count). The van der Waals surface area contributed by atoms with E-state index < -0.39 is 23.5 Å². The summed E-state index contributed by atoms with van der Waals surface area (Å²) in [6.45, 7) is 1.37. The third-order valence-corrected chi connectivity index (χ3v) is 6.98. The highest BCUT2D eigenvalue weighted by molar-refractivity contribution is 5.97. The number of hydrogen-bond acceptors (Lipinski definition) is 4. The second kappa shape index (κ2) is 13.5. The molecule has 2 aliphatic heterocycles. The molecule has 6 nitrogen and oxygen atoms in total. The van der Waals surface area contributed by atoms with Gasteiger partial charge in [0, 0.05) is 24.2 Å². The van der Waals surface area contributed by atoms with Crippen LogP contribution in [0.3, 0.4) is 0 Å². The Morgan fingerprint density at radius 2 is 1.83 bits per heavy atom. The van der Waals surface area contributed by atoms with Crippen molar-refractivity contribution in [1.29, 1.82) is 5.41 Å². The van der Waals surface area contributed by atoms with Crippen LogP contribution in [0.4, 0.5) is 26.3 Å². The van der Waals surface area contributed by atoms with Crippen LogP contribution in [0.15, 0.2) is 59.6 Å². The average molecular weight is 595 g/mol. The smallest absolute Gasteiger partial charge is 0.419 e. The Morgan fingerprint density at radius 1 is 1.07 bits per heavy atom. The molecule has 2 aromatic rings. The van der Waals surface area contributed by atoms with Gasteiger partial charge in [-0.3, -0.25) is 10.4 Å². The van der Waals surface area contributed by atoms with Crippen molar-refractivity contribution < 1.29 is 35.8 Å². The number of hydrogen-bond donors (Lipinski definition) is 2. The minimum atomic E-state index is -4.69. The zero-order valence-corrected chi connectivity index (χ0v) is 22.8. The first kappa shape index (κ1) is 31.1. The summed E-state index contributed by atoms with van der Waals surface area (Å²) in [6, 6.07) is 8.18. The Balaban J connectivity index is 1.50. The molecule has 0 bridgehead atoms. The first-order chi connectivity index (χ1) is 19.9. The highest BCUT2D eigenvalue weighted by Gasteiger charge is 2.35. The zero-order valence-electron chi connectivity index (χ0n) is 22.8. The van der Waals surface area contributed by atoms with Crippen molar-refractivity contribution >= 4 is 23.4 Å². The Bertz CT molecular complexity index is 1330. The molecule has 12 heteroatoms. The quantitative estimate of drug-likeness (QED) is 0.154. The molecule has 2 aromatic carbocycles. The fourth-order valence-corrected chi connectivity index (χ4v) is 4.92. The zero-order chi connectivity index (χ0) is 30.3. The molecule has 42 heavy (non-hydrogen) atoms. The largest absolute Gasteiger partial charge is 0.493 e. The molecule has 1 atom stereocenters. The van der Waals surface area contributed by atoms with Crippen LogP contribution in [0.2, 0.25) is 0 Å². The summed E-state index contributed by atoms with van der Waals surface area (Å²) in [6.07, 6.45) is -1.41. The van der Waals surface area contributed by atoms with Crippen molar-refractivity contribution in [3.05, 3.63) is 76.9 Å². The molecule has 2 aliphatic rings. The van der Waals surface area contributed by atoms with E-state index in [1.165, 1.54) is 24.3 Å². The summed E-state index contributed by atoms with van der Waals surface area (Å²) in [5, 5.41) is 7.89. The molecule has 3 N–H and O–H groups in total. The third kappa shape index (κ3) is 8.15. The topological polar surface area (TPSA) is 83.9 Å². The van der Waals surface area contributed by atoms with Crippen LogP contribution >= 0.6 is 0 Å². The van der Waals surface area contributed by atoms with Crippen LogP contribution in [0.1, 0.15) is 54.4 Å². The molecule has 1 saturated heterocycles. The number of rotatable bonds is 7. The number of likely N-dealkylation sites (tertiary alicyclic amines) is 1. The Morgan fingerprint density at radius 3 is 2.52 bits per heavy atom. The van der Waals surface area contributed by atoms with Crippen LogP contribution in [-0.2, 0) is 17.1 Å². The first-order valence-electron chi connectivity index (χ1n) is 13.6. The highest BCUT2D eigenvalue weighted by Crippen LogP contribution is 2.38. The molecular formula is C30H32F6N4O2. The van der Waals surface area contributed by atoms with Crippen LogP contribution in [0.25, 0.3) is 11.8 Å². The lowest BCUT2D eigenvalue weighted by atomic mass is 10.0. The van der Waals surface area contributed by atoms with E-state index in [1.807, 2.05) is 0 Å². The maximum absolute atomic E-state index is 14.1. The summed E-state index contributed by atoms with van der Waals surface area (Å²) in [7, 11) is 0. The van der Waals surface area contributed by atoms with Crippen molar-refractivity contribution in [2.24, 2.45) is 10.7 Å². The van der Waals surface area contributed by atoms with Gasteiger partial charge in [0.05, 0.1) is 42.7 Å². The Labute approximate surface area is 240 Å². The van der Waals surface area contributed by atoms with Gasteiger partial charge >= 0.3 is 12.4 Å². The van der Waals surface area contributed by atoms with Gasteiger partial charge in [0.25, 0.3) is 0 Å². The number of guanidine groups is 1. The van der Waals surface area contributed by atoms with Gasteiger partial charge in [0.1, 0.15) is 5.75 Å². The van der Waals surface area contributed by atoms with Crippen LogP contribution in [0, 0.1) is 5.41 Å².